The third-order valence-corrected chi connectivity index (χ3v) is 3.76. The smallest absolute Gasteiger partial charge is 0.243 e. The molecule has 0 atom stereocenters. The van der Waals surface area contributed by atoms with E-state index in [1.807, 2.05) is 18.3 Å². The van der Waals surface area contributed by atoms with Crippen molar-refractivity contribution in [2.24, 2.45) is 0 Å². The summed E-state index contributed by atoms with van der Waals surface area (Å²) in [7, 11) is 0. The molecule has 1 fully saturated rings. The fourth-order valence-corrected chi connectivity index (χ4v) is 2.43. The summed E-state index contributed by atoms with van der Waals surface area (Å²) in [4.78, 5) is 4.35. The van der Waals surface area contributed by atoms with E-state index >= 15 is 0 Å². The third-order valence-electron chi connectivity index (χ3n) is 3.29. The SMILES string of the molecule is OC1(CNc2nc3ccc(Br)cn3n2)CCOCC1. The maximum absolute atomic E-state index is 10.3. The first-order valence-electron chi connectivity index (χ1n) is 6.21. The molecule has 0 aromatic carbocycles. The molecule has 0 unspecified atom stereocenters. The van der Waals surface area contributed by atoms with Crippen molar-refractivity contribution in [3.63, 3.8) is 0 Å². The zero-order valence-corrected chi connectivity index (χ0v) is 11.9. The van der Waals surface area contributed by atoms with Crippen LogP contribution in [0.3, 0.4) is 0 Å². The van der Waals surface area contributed by atoms with Gasteiger partial charge in [-0.25, -0.2) is 4.52 Å². The lowest BCUT2D eigenvalue weighted by Gasteiger charge is -2.31. The maximum Gasteiger partial charge on any atom is 0.243 e. The molecule has 1 aliphatic heterocycles. The molecule has 6 nitrogen and oxygen atoms in total. The Labute approximate surface area is 118 Å². The number of pyridine rings is 1. The number of aliphatic hydroxyl groups is 1. The van der Waals surface area contributed by atoms with E-state index in [0.29, 0.717) is 38.5 Å². The summed E-state index contributed by atoms with van der Waals surface area (Å²) < 4.78 is 7.89. The molecule has 102 valence electrons. The first-order chi connectivity index (χ1) is 9.15. The summed E-state index contributed by atoms with van der Waals surface area (Å²) >= 11 is 3.39. The van der Waals surface area contributed by atoms with Crippen LogP contribution in [0.25, 0.3) is 5.65 Å². The molecule has 3 heterocycles. The fourth-order valence-electron chi connectivity index (χ4n) is 2.10. The van der Waals surface area contributed by atoms with E-state index in [1.165, 1.54) is 0 Å². The molecular weight excluding hydrogens is 312 g/mol. The van der Waals surface area contributed by atoms with Crippen LogP contribution in [0.1, 0.15) is 12.8 Å². The Kier molecular flexibility index (Phi) is 3.42. The molecule has 2 aromatic heterocycles. The predicted octanol–water partition coefficient (Wildman–Crippen LogP) is 1.45. The van der Waals surface area contributed by atoms with Crippen molar-refractivity contribution in [2.75, 3.05) is 25.1 Å². The van der Waals surface area contributed by atoms with E-state index in [-0.39, 0.29) is 0 Å². The van der Waals surface area contributed by atoms with Crippen LogP contribution in [0.5, 0.6) is 0 Å². The van der Waals surface area contributed by atoms with Gasteiger partial charge in [0.2, 0.25) is 5.95 Å². The molecule has 7 heteroatoms. The minimum atomic E-state index is -0.726. The number of fused-ring (bicyclic) bond motifs is 1. The van der Waals surface area contributed by atoms with Crippen molar-refractivity contribution in [2.45, 2.75) is 18.4 Å². The van der Waals surface area contributed by atoms with E-state index in [9.17, 15) is 5.11 Å². The van der Waals surface area contributed by atoms with Gasteiger partial charge in [0.15, 0.2) is 5.65 Å². The molecule has 0 spiro atoms. The monoisotopic (exact) mass is 326 g/mol. The number of hydrogen-bond donors (Lipinski definition) is 2. The highest BCUT2D eigenvalue weighted by atomic mass is 79.9. The Bertz CT molecular complexity index is 580. The van der Waals surface area contributed by atoms with Gasteiger partial charge >= 0.3 is 0 Å². The molecule has 1 saturated heterocycles. The molecule has 0 radical (unpaired) electrons. The van der Waals surface area contributed by atoms with Crippen LogP contribution in [0, 0.1) is 0 Å². The van der Waals surface area contributed by atoms with Gasteiger partial charge in [0.05, 0.1) is 5.60 Å². The van der Waals surface area contributed by atoms with E-state index in [4.69, 9.17) is 4.74 Å². The highest BCUT2D eigenvalue weighted by molar-refractivity contribution is 9.10. The molecule has 19 heavy (non-hydrogen) atoms. The minimum Gasteiger partial charge on any atom is -0.388 e. The number of halogens is 1. The molecule has 2 aromatic rings. The zero-order chi connectivity index (χ0) is 13.3. The maximum atomic E-state index is 10.3. The predicted molar refractivity (Wildman–Crippen MR) is 74.2 cm³/mol. The van der Waals surface area contributed by atoms with Crippen LogP contribution in [0.4, 0.5) is 5.95 Å². The normalized spacial score (nSPS) is 18.6. The molecule has 0 bridgehead atoms. The third kappa shape index (κ3) is 2.88. The van der Waals surface area contributed by atoms with Gasteiger partial charge in [-0.3, -0.25) is 0 Å². The highest BCUT2D eigenvalue weighted by Crippen LogP contribution is 2.20. The van der Waals surface area contributed by atoms with Crippen molar-refractivity contribution in [1.29, 1.82) is 0 Å². The Hall–Kier alpha value is -1.18. The Morgan fingerprint density at radius 2 is 2.21 bits per heavy atom. The van der Waals surface area contributed by atoms with Crippen molar-refractivity contribution >= 4 is 27.5 Å². The first kappa shape index (κ1) is 12.8. The Morgan fingerprint density at radius 1 is 1.42 bits per heavy atom. The molecule has 1 aliphatic rings. The molecule has 3 rings (SSSR count). The van der Waals surface area contributed by atoms with Gasteiger partial charge in [-0.15, -0.1) is 5.10 Å². The van der Waals surface area contributed by atoms with Gasteiger partial charge in [0.25, 0.3) is 0 Å². The van der Waals surface area contributed by atoms with Gasteiger partial charge in [0, 0.05) is 43.3 Å². The van der Waals surface area contributed by atoms with E-state index in [2.05, 4.69) is 31.3 Å². The number of nitrogens with one attached hydrogen (secondary N) is 1. The topological polar surface area (TPSA) is 71.7 Å². The number of anilines is 1. The van der Waals surface area contributed by atoms with Gasteiger partial charge < -0.3 is 15.2 Å². The van der Waals surface area contributed by atoms with Crippen LogP contribution >= 0.6 is 15.9 Å². The number of rotatable bonds is 3. The fraction of sp³-hybridized carbons (Fsp3) is 0.500. The summed E-state index contributed by atoms with van der Waals surface area (Å²) in [5.74, 6) is 0.526. The average Bonchev–Trinajstić information content (AvgIpc) is 2.79. The van der Waals surface area contributed by atoms with Crippen LogP contribution in [0.15, 0.2) is 22.8 Å². The minimum absolute atomic E-state index is 0.439. The van der Waals surface area contributed by atoms with E-state index < -0.39 is 5.60 Å². The Balaban J connectivity index is 1.71. The summed E-state index contributed by atoms with van der Waals surface area (Å²) in [6, 6.07) is 3.80. The highest BCUT2D eigenvalue weighted by Gasteiger charge is 2.29. The van der Waals surface area contributed by atoms with Crippen LogP contribution in [0.2, 0.25) is 0 Å². The summed E-state index contributed by atoms with van der Waals surface area (Å²) in [5, 5.41) is 17.8. The van der Waals surface area contributed by atoms with Gasteiger partial charge in [-0.2, -0.15) is 4.98 Å². The number of aromatic nitrogens is 3. The molecule has 0 amide bonds. The lowest BCUT2D eigenvalue weighted by molar-refractivity contribution is -0.0544. The number of nitrogens with zero attached hydrogens (tertiary/aromatic N) is 3. The molecule has 0 saturated carbocycles. The van der Waals surface area contributed by atoms with Crippen LogP contribution in [-0.2, 0) is 4.74 Å². The quantitative estimate of drug-likeness (QED) is 0.893. The summed E-state index contributed by atoms with van der Waals surface area (Å²) in [6.45, 7) is 1.64. The van der Waals surface area contributed by atoms with Crippen LogP contribution < -0.4 is 5.32 Å². The van der Waals surface area contributed by atoms with Gasteiger partial charge in [0.1, 0.15) is 0 Å². The molecule has 2 N–H and O–H groups in total. The van der Waals surface area contributed by atoms with Crippen molar-refractivity contribution in [3.05, 3.63) is 22.8 Å². The molecular formula is C12H15BrN4O2. The first-order valence-corrected chi connectivity index (χ1v) is 7.00. The number of hydrogen-bond acceptors (Lipinski definition) is 5. The van der Waals surface area contributed by atoms with Gasteiger partial charge in [-0.05, 0) is 28.1 Å². The van der Waals surface area contributed by atoms with Crippen molar-refractivity contribution in [1.82, 2.24) is 14.6 Å². The average molecular weight is 327 g/mol. The second-order valence-corrected chi connectivity index (χ2v) is 5.69. The van der Waals surface area contributed by atoms with Crippen molar-refractivity contribution < 1.29 is 9.84 Å². The van der Waals surface area contributed by atoms with Crippen LogP contribution in [-0.4, -0.2) is 45.1 Å². The van der Waals surface area contributed by atoms with Crippen molar-refractivity contribution in [3.8, 4) is 0 Å². The summed E-state index contributed by atoms with van der Waals surface area (Å²) in [6.07, 6.45) is 3.12. The lowest BCUT2D eigenvalue weighted by atomic mass is 9.94. The van der Waals surface area contributed by atoms with E-state index in [1.54, 1.807) is 4.52 Å². The van der Waals surface area contributed by atoms with Gasteiger partial charge in [-0.1, -0.05) is 0 Å². The summed E-state index contributed by atoms with van der Waals surface area (Å²) in [5.41, 5.74) is 0.0423. The van der Waals surface area contributed by atoms with E-state index in [0.717, 1.165) is 10.1 Å². The Morgan fingerprint density at radius 3 is 3.00 bits per heavy atom. The number of ether oxygens (including phenoxy) is 1. The second-order valence-electron chi connectivity index (χ2n) is 4.78. The lowest BCUT2D eigenvalue weighted by Crippen LogP contribution is -2.42. The standard InChI is InChI=1S/C12H15BrN4O2/c13-9-1-2-10-15-11(16-17(10)7-9)14-8-12(18)3-5-19-6-4-12/h1-2,7,18H,3-6,8H2,(H,14,16). The second kappa shape index (κ2) is 5.07. The largest absolute Gasteiger partial charge is 0.388 e. The zero-order valence-electron chi connectivity index (χ0n) is 10.3. The molecule has 0 aliphatic carbocycles.